The molecule has 2 rings (SSSR count). The lowest BCUT2D eigenvalue weighted by molar-refractivity contribution is 0.705. The van der Waals surface area contributed by atoms with Crippen molar-refractivity contribution in [3.63, 3.8) is 0 Å². The lowest BCUT2D eigenvalue weighted by Gasteiger charge is -2.03. The second-order valence-corrected chi connectivity index (χ2v) is 3.39. The first-order valence-electron chi connectivity index (χ1n) is 4.81. The first-order chi connectivity index (χ1) is 6.40. The van der Waals surface area contributed by atoms with E-state index in [0.717, 1.165) is 24.2 Å². The summed E-state index contributed by atoms with van der Waals surface area (Å²) in [5.41, 5.74) is 7.65. The number of aromatic nitrogens is 3. The molecule has 4 heteroatoms. The third kappa shape index (κ3) is 1.83. The Hall–Kier alpha value is -1.03. The molecular weight excluding hydrogens is 164 g/mol. The minimum absolute atomic E-state index is 0.389. The van der Waals surface area contributed by atoms with E-state index in [0.29, 0.717) is 12.4 Å². The van der Waals surface area contributed by atoms with Crippen molar-refractivity contribution < 1.29 is 0 Å². The fourth-order valence-corrected chi connectivity index (χ4v) is 1.66. The number of rotatable bonds is 1. The van der Waals surface area contributed by atoms with Gasteiger partial charge in [0, 0.05) is 0 Å². The van der Waals surface area contributed by atoms with Crippen molar-refractivity contribution in [2.75, 3.05) is 0 Å². The van der Waals surface area contributed by atoms with E-state index in [-0.39, 0.29) is 0 Å². The average molecular weight is 178 g/mol. The molecule has 0 amide bonds. The van der Waals surface area contributed by atoms with E-state index in [4.69, 9.17) is 5.73 Å². The largest absolute Gasteiger partial charge is 0.324 e. The number of nitrogens with two attached hydrogens (primary N) is 1. The van der Waals surface area contributed by atoms with Crippen molar-refractivity contribution in [3.05, 3.63) is 17.2 Å². The van der Waals surface area contributed by atoms with E-state index in [1.807, 2.05) is 0 Å². The highest BCUT2D eigenvalue weighted by molar-refractivity contribution is 5.12. The van der Waals surface area contributed by atoms with Crippen LogP contribution >= 0.6 is 0 Å². The molecule has 0 spiro atoms. The predicted octanol–water partition coefficient (Wildman–Crippen LogP) is 0.599. The number of nitrogens with zero attached hydrogens (tertiary/aromatic N) is 3. The zero-order valence-electron chi connectivity index (χ0n) is 7.66. The molecule has 0 aliphatic heterocycles. The van der Waals surface area contributed by atoms with Crippen LogP contribution in [-0.4, -0.2) is 15.2 Å². The standard InChI is InChI=1S/C9H14N4/c10-6-9-11-7-4-2-1-3-5-8(7)12-13-9/h1-6,10H2. The highest BCUT2D eigenvalue weighted by Gasteiger charge is 2.11. The minimum atomic E-state index is 0.389. The van der Waals surface area contributed by atoms with Crippen molar-refractivity contribution in [1.82, 2.24) is 15.2 Å². The summed E-state index contributed by atoms with van der Waals surface area (Å²) in [5, 5.41) is 8.12. The number of aryl methyl sites for hydroxylation is 2. The number of hydrogen-bond donors (Lipinski definition) is 1. The van der Waals surface area contributed by atoms with Crippen LogP contribution in [0.5, 0.6) is 0 Å². The molecule has 0 atom stereocenters. The summed E-state index contributed by atoms with van der Waals surface area (Å²) in [6.45, 7) is 0.389. The van der Waals surface area contributed by atoms with Crippen molar-refractivity contribution in [3.8, 4) is 0 Å². The third-order valence-corrected chi connectivity index (χ3v) is 2.39. The van der Waals surface area contributed by atoms with E-state index in [9.17, 15) is 0 Å². The molecule has 1 heterocycles. The molecule has 0 fully saturated rings. The normalized spacial score (nSPS) is 16.4. The third-order valence-electron chi connectivity index (χ3n) is 2.39. The quantitative estimate of drug-likeness (QED) is 0.639. The molecule has 70 valence electrons. The van der Waals surface area contributed by atoms with Gasteiger partial charge in [0.05, 0.1) is 17.9 Å². The van der Waals surface area contributed by atoms with Crippen molar-refractivity contribution in [2.45, 2.75) is 38.6 Å². The van der Waals surface area contributed by atoms with Crippen LogP contribution in [-0.2, 0) is 19.4 Å². The molecule has 4 nitrogen and oxygen atoms in total. The first kappa shape index (κ1) is 8.56. The molecule has 1 aliphatic rings. The lowest BCUT2D eigenvalue weighted by Crippen LogP contribution is -2.10. The van der Waals surface area contributed by atoms with Gasteiger partial charge in [-0.15, -0.1) is 5.10 Å². The fourth-order valence-electron chi connectivity index (χ4n) is 1.66. The molecule has 2 N–H and O–H groups in total. The van der Waals surface area contributed by atoms with E-state index in [2.05, 4.69) is 15.2 Å². The molecular formula is C9H14N4. The van der Waals surface area contributed by atoms with E-state index < -0.39 is 0 Å². The van der Waals surface area contributed by atoms with Gasteiger partial charge in [0.25, 0.3) is 0 Å². The van der Waals surface area contributed by atoms with Gasteiger partial charge in [-0.25, -0.2) is 4.98 Å². The predicted molar refractivity (Wildman–Crippen MR) is 49.0 cm³/mol. The van der Waals surface area contributed by atoms with Crippen molar-refractivity contribution >= 4 is 0 Å². The minimum Gasteiger partial charge on any atom is -0.324 e. The van der Waals surface area contributed by atoms with Gasteiger partial charge in [-0.1, -0.05) is 6.42 Å². The lowest BCUT2D eigenvalue weighted by atomic mass is 10.2. The van der Waals surface area contributed by atoms with E-state index in [1.54, 1.807) is 0 Å². The Bertz CT molecular complexity index is 298. The zero-order chi connectivity index (χ0) is 9.10. The van der Waals surface area contributed by atoms with Crippen LogP contribution in [0.3, 0.4) is 0 Å². The van der Waals surface area contributed by atoms with Crippen molar-refractivity contribution in [2.24, 2.45) is 5.73 Å². The van der Waals surface area contributed by atoms with Crippen LogP contribution in [0.4, 0.5) is 0 Å². The van der Waals surface area contributed by atoms with Crippen LogP contribution in [0, 0.1) is 0 Å². The maximum Gasteiger partial charge on any atom is 0.164 e. The van der Waals surface area contributed by atoms with Crippen molar-refractivity contribution in [1.29, 1.82) is 0 Å². The molecule has 13 heavy (non-hydrogen) atoms. The number of fused-ring (bicyclic) bond motifs is 1. The van der Waals surface area contributed by atoms with Gasteiger partial charge in [0.1, 0.15) is 0 Å². The summed E-state index contributed by atoms with van der Waals surface area (Å²) >= 11 is 0. The first-order valence-corrected chi connectivity index (χ1v) is 4.81. The van der Waals surface area contributed by atoms with Gasteiger partial charge in [-0.2, -0.15) is 5.10 Å². The van der Waals surface area contributed by atoms with Gasteiger partial charge in [-0.05, 0) is 25.7 Å². The second kappa shape index (κ2) is 3.79. The van der Waals surface area contributed by atoms with Gasteiger partial charge in [-0.3, -0.25) is 0 Å². The highest BCUT2D eigenvalue weighted by Crippen LogP contribution is 2.15. The SMILES string of the molecule is NCc1nnc2c(n1)CCCCC2. The monoisotopic (exact) mass is 178 g/mol. The fraction of sp³-hybridized carbons (Fsp3) is 0.667. The Balaban J connectivity index is 2.32. The van der Waals surface area contributed by atoms with E-state index in [1.165, 1.54) is 19.3 Å². The zero-order valence-corrected chi connectivity index (χ0v) is 7.66. The number of hydrogen-bond acceptors (Lipinski definition) is 4. The van der Waals surface area contributed by atoms with Gasteiger partial charge in [0.2, 0.25) is 0 Å². The summed E-state index contributed by atoms with van der Waals surface area (Å²) in [7, 11) is 0. The van der Waals surface area contributed by atoms with Gasteiger partial charge in [0.15, 0.2) is 5.82 Å². The summed E-state index contributed by atoms with van der Waals surface area (Å²) in [5.74, 6) is 0.667. The molecule has 1 aromatic rings. The Kier molecular flexibility index (Phi) is 2.49. The molecule has 1 aromatic heterocycles. The smallest absolute Gasteiger partial charge is 0.164 e. The molecule has 0 saturated heterocycles. The molecule has 0 radical (unpaired) electrons. The van der Waals surface area contributed by atoms with Crippen LogP contribution in [0.25, 0.3) is 0 Å². The summed E-state index contributed by atoms with van der Waals surface area (Å²) in [6, 6.07) is 0. The topological polar surface area (TPSA) is 64.7 Å². The Morgan fingerprint density at radius 2 is 1.77 bits per heavy atom. The summed E-state index contributed by atoms with van der Waals surface area (Å²) in [4.78, 5) is 4.39. The maximum absolute atomic E-state index is 5.46. The molecule has 1 aliphatic carbocycles. The molecule has 0 saturated carbocycles. The van der Waals surface area contributed by atoms with E-state index >= 15 is 0 Å². The Labute approximate surface area is 77.6 Å². The second-order valence-electron chi connectivity index (χ2n) is 3.39. The van der Waals surface area contributed by atoms with Gasteiger partial charge >= 0.3 is 0 Å². The summed E-state index contributed by atoms with van der Waals surface area (Å²) in [6.07, 6.45) is 5.77. The van der Waals surface area contributed by atoms with Crippen LogP contribution in [0.1, 0.15) is 36.5 Å². The molecule has 0 bridgehead atoms. The summed E-state index contributed by atoms with van der Waals surface area (Å²) < 4.78 is 0. The average Bonchev–Trinajstić information content (AvgIpc) is 2.41. The maximum atomic E-state index is 5.46. The van der Waals surface area contributed by atoms with Gasteiger partial charge < -0.3 is 5.73 Å². The Morgan fingerprint density at radius 3 is 2.54 bits per heavy atom. The van der Waals surface area contributed by atoms with Crippen LogP contribution in [0.15, 0.2) is 0 Å². The molecule has 0 unspecified atom stereocenters. The van der Waals surface area contributed by atoms with Crippen LogP contribution in [0.2, 0.25) is 0 Å². The molecule has 0 aromatic carbocycles. The highest BCUT2D eigenvalue weighted by atomic mass is 15.2. The Morgan fingerprint density at radius 1 is 1.00 bits per heavy atom. The van der Waals surface area contributed by atoms with Crippen LogP contribution < -0.4 is 5.73 Å².